The number of nitrogens with one attached hydrogen (secondary N) is 2. The fourth-order valence-corrected chi connectivity index (χ4v) is 2.98. The summed E-state index contributed by atoms with van der Waals surface area (Å²) in [6, 6.07) is 10.7. The smallest absolute Gasteiger partial charge is 0.255 e. The molecule has 0 unspecified atom stereocenters. The molecule has 0 saturated carbocycles. The van der Waals surface area contributed by atoms with Gasteiger partial charge in [0.15, 0.2) is 0 Å². The number of aryl methyl sites for hydroxylation is 1. The van der Waals surface area contributed by atoms with Crippen molar-refractivity contribution in [1.82, 2.24) is 10.2 Å². The van der Waals surface area contributed by atoms with E-state index in [4.69, 9.17) is 0 Å². The number of carbonyl (C=O) groups is 1. The summed E-state index contributed by atoms with van der Waals surface area (Å²) in [5.74, 6) is -2.20. The molecule has 0 bridgehead atoms. The standard InChI is InChI=1S/C22H23F2N3O/c1-5-18-20(25-21(28)14-10-16(23)12-17(24)11-14)19(27-26-18)13-6-8-15(9-7-13)22(2,3)4/h6-12H,5H2,1-4H3,(H,25,28)(H,26,27). The van der Waals surface area contributed by atoms with E-state index in [-0.39, 0.29) is 11.0 Å². The van der Waals surface area contributed by atoms with Gasteiger partial charge in [0.25, 0.3) is 5.91 Å². The zero-order valence-corrected chi connectivity index (χ0v) is 16.4. The Kier molecular flexibility index (Phi) is 5.31. The summed E-state index contributed by atoms with van der Waals surface area (Å²) in [6.45, 7) is 8.33. The van der Waals surface area contributed by atoms with Gasteiger partial charge in [0.1, 0.15) is 17.3 Å². The number of aromatic nitrogens is 2. The number of benzene rings is 2. The van der Waals surface area contributed by atoms with Crippen molar-refractivity contribution in [1.29, 1.82) is 0 Å². The van der Waals surface area contributed by atoms with Crippen LogP contribution in [-0.2, 0) is 11.8 Å². The van der Waals surface area contributed by atoms with E-state index in [0.717, 1.165) is 29.5 Å². The Morgan fingerprint density at radius 3 is 2.21 bits per heavy atom. The molecule has 0 aliphatic heterocycles. The lowest BCUT2D eigenvalue weighted by Crippen LogP contribution is -2.14. The third kappa shape index (κ3) is 4.11. The summed E-state index contributed by atoms with van der Waals surface area (Å²) in [7, 11) is 0. The summed E-state index contributed by atoms with van der Waals surface area (Å²) in [6.07, 6.45) is 0.611. The molecule has 0 spiro atoms. The fourth-order valence-electron chi connectivity index (χ4n) is 2.98. The van der Waals surface area contributed by atoms with Crippen LogP contribution in [0.5, 0.6) is 0 Å². The Morgan fingerprint density at radius 1 is 1.07 bits per heavy atom. The normalized spacial score (nSPS) is 11.5. The van der Waals surface area contributed by atoms with Crippen molar-refractivity contribution in [3.8, 4) is 11.3 Å². The summed E-state index contributed by atoms with van der Waals surface area (Å²) >= 11 is 0. The highest BCUT2D eigenvalue weighted by atomic mass is 19.1. The minimum absolute atomic E-state index is 0.0250. The molecule has 3 aromatic rings. The maximum Gasteiger partial charge on any atom is 0.255 e. The Bertz CT molecular complexity index is 981. The molecule has 0 aliphatic carbocycles. The quantitative estimate of drug-likeness (QED) is 0.628. The van der Waals surface area contributed by atoms with Gasteiger partial charge in [0.05, 0.1) is 11.4 Å². The molecule has 1 aromatic heterocycles. The largest absolute Gasteiger partial charge is 0.319 e. The number of nitrogens with zero attached hydrogens (tertiary/aromatic N) is 1. The zero-order chi connectivity index (χ0) is 20.5. The zero-order valence-electron chi connectivity index (χ0n) is 16.4. The Morgan fingerprint density at radius 2 is 1.68 bits per heavy atom. The SMILES string of the molecule is CCc1[nH]nc(-c2ccc(C(C)(C)C)cc2)c1NC(=O)c1cc(F)cc(F)c1. The monoisotopic (exact) mass is 383 g/mol. The van der Waals surface area contributed by atoms with Crippen molar-refractivity contribution >= 4 is 11.6 Å². The number of rotatable bonds is 4. The molecular formula is C22H23F2N3O. The highest BCUT2D eigenvalue weighted by molar-refractivity contribution is 6.06. The molecule has 2 aromatic carbocycles. The predicted molar refractivity (Wildman–Crippen MR) is 106 cm³/mol. The second-order valence-corrected chi connectivity index (χ2v) is 7.72. The number of amides is 1. The van der Waals surface area contributed by atoms with Gasteiger partial charge in [-0.2, -0.15) is 5.10 Å². The number of halogens is 2. The van der Waals surface area contributed by atoms with Gasteiger partial charge in [-0.25, -0.2) is 8.78 Å². The summed E-state index contributed by atoms with van der Waals surface area (Å²) < 4.78 is 26.9. The van der Waals surface area contributed by atoms with Gasteiger partial charge in [-0.3, -0.25) is 9.89 Å². The first-order valence-electron chi connectivity index (χ1n) is 9.14. The molecule has 6 heteroatoms. The van der Waals surface area contributed by atoms with Crippen LogP contribution >= 0.6 is 0 Å². The van der Waals surface area contributed by atoms with Crippen molar-refractivity contribution in [3.63, 3.8) is 0 Å². The first-order valence-corrected chi connectivity index (χ1v) is 9.14. The Hall–Kier alpha value is -3.02. The van der Waals surface area contributed by atoms with Gasteiger partial charge in [-0.05, 0) is 29.5 Å². The first-order chi connectivity index (χ1) is 13.2. The molecular weight excluding hydrogens is 360 g/mol. The van der Waals surface area contributed by atoms with E-state index in [1.54, 1.807) is 0 Å². The van der Waals surface area contributed by atoms with Crippen LogP contribution in [0.2, 0.25) is 0 Å². The highest BCUT2D eigenvalue weighted by Gasteiger charge is 2.19. The molecule has 4 nitrogen and oxygen atoms in total. The predicted octanol–water partition coefficient (Wildman–Crippen LogP) is 5.47. The van der Waals surface area contributed by atoms with Crippen molar-refractivity contribution < 1.29 is 13.6 Å². The summed E-state index contributed by atoms with van der Waals surface area (Å²) in [5, 5.41) is 10.0. The molecule has 1 amide bonds. The molecule has 3 rings (SSSR count). The third-order valence-corrected chi connectivity index (χ3v) is 4.58. The number of H-pyrrole nitrogens is 1. The maximum atomic E-state index is 13.5. The molecule has 1 heterocycles. The van der Waals surface area contributed by atoms with Gasteiger partial charge < -0.3 is 5.32 Å². The van der Waals surface area contributed by atoms with E-state index in [9.17, 15) is 13.6 Å². The topological polar surface area (TPSA) is 57.8 Å². The molecule has 28 heavy (non-hydrogen) atoms. The number of anilines is 1. The van der Waals surface area contributed by atoms with Crippen LogP contribution in [0.1, 0.15) is 49.3 Å². The van der Waals surface area contributed by atoms with Gasteiger partial charge in [0.2, 0.25) is 0 Å². The Labute approximate surface area is 163 Å². The summed E-state index contributed by atoms with van der Waals surface area (Å²) in [4.78, 5) is 12.6. The van der Waals surface area contributed by atoms with Crippen molar-refractivity contribution in [3.05, 3.63) is 70.9 Å². The van der Waals surface area contributed by atoms with Crippen LogP contribution in [-0.4, -0.2) is 16.1 Å². The van der Waals surface area contributed by atoms with E-state index >= 15 is 0 Å². The van der Waals surface area contributed by atoms with Crippen LogP contribution in [0.4, 0.5) is 14.5 Å². The van der Waals surface area contributed by atoms with E-state index in [0.29, 0.717) is 17.8 Å². The van der Waals surface area contributed by atoms with Crippen molar-refractivity contribution in [2.45, 2.75) is 39.5 Å². The van der Waals surface area contributed by atoms with Crippen LogP contribution in [0.3, 0.4) is 0 Å². The lowest BCUT2D eigenvalue weighted by molar-refractivity contribution is 0.102. The maximum absolute atomic E-state index is 13.5. The number of hydrogen-bond donors (Lipinski definition) is 2. The third-order valence-electron chi connectivity index (χ3n) is 4.58. The molecule has 0 saturated heterocycles. The Balaban J connectivity index is 1.95. The lowest BCUT2D eigenvalue weighted by Gasteiger charge is -2.19. The number of carbonyl (C=O) groups excluding carboxylic acids is 1. The van der Waals surface area contributed by atoms with Crippen LogP contribution in [0, 0.1) is 11.6 Å². The minimum atomic E-state index is -0.800. The average molecular weight is 383 g/mol. The van der Waals surface area contributed by atoms with Crippen LogP contribution in [0.15, 0.2) is 42.5 Å². The number of hydrogen-bond acceptors (Lipinski definition) is 2. The molecule has 0 fully saturated rings. The summed E-state index contributed by atoms with van der Waals surface area (Å²) in [5.41, 5.74) is 3.79. The average Bonchev–Trinajstić information content (AvgIpc) is 3.02. The van der Waals surface area contributed by atoms with Gasteiger partial charge in [-0.1, -0.05) is 52.0 Å². The van der Waals surface area contributed by atoms with E-state index in [1.807, 2.05) is 31.2 Å². The fraction of sp³-hybridized carbons (Fsp3) is 0.273. The van der Waals surface area contributed by atoms with Gasteiger partial charge >= 0.3 is 0 Å². The molecule has 0 radical (unpaired) electrons. The first kappa shape index (κ1) is 19.7. The van der Waals surface area contributed by atoms with Crippen molar-refractivity contribution in [2.75, 3.05) is 5.32 Å². The molecule has 146 valence electrons. The van der Waals surface area contributed by atoms with Crippen molar-refractivity contribution in [2.24, 2.45) is 0 Å². The lowest BCUT2D eigenvalue weighted by atomic mass is 9.86. The van der Waals surface area contributed by atoms with Crippen LogP contribution in [0.25, 0.3) is 11.3 Å². The van der Waals surface area contributed by atoms with E-state index in [2.05, 4.69) is 36.3 Å². The second-order valence-electron chi connectivity index (χ2n) is 7.72. The second kappa shape index (κ2) is 7.54. The minimum Gasteiger partial charge on any atom is -0.319 e. The molecule has 2 N–H and O–H groups in total. The van der Waals surface area contributed by atoms with Gasteiger partial charge in [-0.15, -0.1) is 0 Å². The van der Waals surface area contributed by atoms with Crippen LogP contribution < -0.4 is 5.32 Å². The molecule has 0 atom stereocenters. The van der Waals surface area contributed by atoms with Gasteiger partial charge in [0, 0.05) is 17.2 Å². The highest BCUT2D eigenvalue weighted by Crippen LogP contribution is 2.31. The van der Waals surface area contributed by atoms with E-state index < -0.39 is 17.5 Å². The number of aromatic amines is 1. The molecule has 0 aliphatic rings. The van der Waals surface area contributed by atoms with E-state index in [1.165, 1.54) is 5.56 Å².